The van der Waals surface area contributed by atoms with Crippen molar-refractivity contribution >= 4 is 17.4 Å². The monoisotopic (exact) mass is 638 g/mol. The highest BCUT2D eigenvalue weighted by Gasteiger charge is 2.38. The van der Waals surface area contributed by atoms with Crippen LogP contribution in [0.15, 0.2) is 58.4 Å². The summed E-state index contributed by atoms with van der Waals surface area (Å²) in [4.78, 5) is 31.6. The number of hydrazone groups is 1. The average molecular weight is 639 g/mol. The molecule has 2 aromatic carbocycles. The molecule has 0 spiro atoms. The molecule has 0 bridgehead atoms. The van der Waals surface area contributed by atoms with Crippen LogP contribution in [0.3, 0.4) is 0 Å². The lowest BCUT2D eigenvalue weighted by Crippen LogP contribution is -2.45. The van der Waals surface area contributed by atoms with E-state index in [9.17, 15) is 14.7 Å². The lowest BCUT2D eigenvalue weighted by atomic mass is 9.82. The van der Waals surface area contributed by atoms with Gasteiger partial charge in [0, 0.05) is 23.6 Å². The van der Waals surface area contributed by atoms with E-state index in [2.05, 4.69) is 42.6 Å². The third-order valence-electron chi connectivity index (χ3n) is 9.82. The summed E-state index contributed by atoms with van der Waals surface area (Å²) in [7, 11) is 0. The highest BCUT2D eigenvalue weighted by atomic mass is 16.5. The fraction of sp³-hybridized carbons (Fsp3) is 0.486. The first-order valence-electron chi connectivity index (χ1n) is 16.8. The highest BCUT2D eigenvalue weighted by Crippen LogP contribution is 2.39. The fourth-order valence-electron chi connectivity index (χ4n) is 6.92. The van der Waals surface area contributed by atoms with Gasteiger partial charge in [-0.05, 0) is 89.5 Å². The summed E-state index contributed by atoms with van der Waals surface area (Å²) in [5.74, 6) is 1.08. The molecule has 1 atom stereocenters. The zero-order valence-electron chi connectivity index (χ0n) is 28.3. The first-order chi connectivity index (χ1) is 22.4. The number of benzene rings is 2. The Bertz CT molecular complexity index is 1880. The molecule has 0 saturated heterocycles. The topological polar surface area (TPSA) is 123 Å². The van der Waals surface area contributed by atoms with Crippen molar-refractivity contribution in [2.45, 2.75) is 116 Å². The van der Waals surface area contributed by atoms with Crippen molar-refractivity contribution in [2.75, 3.05) is 0 Å². The van der Waals surface area contributed by atoms with Crippen LogP contribution in [-0.4, -0.2) is 53.2 Å². The molecule has 10 nitrogen and oxygen atoms in total. The van der Waals surface area contributed by atoms with Gasteiger partial charge in [0.25, 0.3) is 5.56 Å². The van der Waals surface area contributed by atoms with Crippen LogP contribution in [0.4, 0.5) is 0 Å². The Hall–Kier alpha value is -4.15. The van der Waals surface area contributed by atoms with Gasteiger partial charge >= 0.3 is 0 Å². The third kappa shape index (κ3) is 6.67. The molecule has 1 saturated carbocycles. The lowest BCUT2D eigenvalue weighted by molar-refractivity contribution is -0.163. The van der Waals surface area contributed by atoms with Crippen LogP contribution in [0.25, 0.3) is 16.9 Å². The number of ether oxygens (including phenoxy) is 1. The molecule has 3 heterocycles. The van der Waals surface area contributed by atoms with Gasteiger partial charge in [-0.2, -0.15) is 15.2 Å². The fourth-order valence-corrected chi connectivity index (χ4v) is 6.92. The SMILES string of the molecule is CCCc1c(Cc2ccc(-c3ccccc3)c(C3=NNC(=O)C3)c2)c(=O)n(C2CCC(C)(OC(C)C(C)(C)O)CC2)c2nc(C)nn12. The van der Waals surface area contributed by atoms with E-state index in [1.165, 1.54) is 0 Å². The number of aliphatic hydroxyl groups is 1. The number of aromatic nitrogens is 4. The molecule has 2 N–H and O–H groups in total. The minimum atomic E-state index is -0.943. The van der Waals surface area contributed by atoms with Crippen molar-refractivity contribution in [3.63, 3.8) is 0 Å². The van der Waals surface area contributed by atoms with Gasteiger partial charge in [-0.1, -0.05) is 55.8 Å². The second-order valence-corrected chi connectivity index (χ2v) is 14.0. The maximum absolute atomic E-state index is 14.7. The van der Waals surface area contributed by atoms with E-state index in [-0.39, 0.29) is 35.6 Å². The molecule has 1 amide bonds. The van der Waals surface area contributed by atoms with Crippen LogP contribution < -0.4 is 11.0 Å². The number of amides is 1. The Labute approximate surface area is 275 Å². The van der Waals surface area contributed by atoms with Gasteiger partial charge in [-0.25, -0.2) is 9.94 Å². The second kappa shape index (κ2) is 12.8. The number of carbonyl (C=O) groups is 1. The smallest absolute Gasteiger partial charge is 0.259 e. The largest absolute Gasteiger partial charge is 0.388 e. The standard InChI is InChI=1S/C37H46N6O4/c1-7-11-32-30(21-25-14-15-28(26-12-9-8-10-13-26)29(20-25)31-22-33(44)40-39-31)34(45)42(35-38-24(3)41-43(32)35)27-16-18-37(6,19-17-27)47-23(2)36(4,5)46/h8-10,12-15,20,23,27,46H,7,11,16-19,21-22H2,1-6H3,(H,40,44). The molecule has 6 rings (SSSR count). The van der Waals surface area contributed by atoms with Gasteiger partial charge < -0.3 is 9.84 Å². The predicted molar refractivity (Wildman–Crippen MR) is 183 cm³/mol. The Morgan fingerprint density at radius 3 is 2.47 bits per heavy atom. The average Bonchev–Trinajstić information content (AvgIpc) is 3.64. The maximum Gasteiger partial charge on any atom is 0.259 e. The lowest BCUT2D eigenvalue weighted by Gasteiger charge is -2.42. The molecular formula is C37H46N6O4. The van der Waals surface area contributed by atoms with Crippen molar-refractivity contribution in [3.8, 4) is 11.1 Å². The van der Waals surface area contributed by atoms with E-state index in [4.69, 9.17) is 14.8 Å². The molecule has 47 heavy (non-hydrogen) atoms. The van der Waals surface area contributed by atoms with Crippen molar-refractivity contribution < 1.29 is 14.6 Å². The van der Waals surface area contributed by atoms with Gasteiger partial charge in [-0.15, -0.1) is 0 Å². The van der Waals surface area contributed by atoms with Crippen LogP contribution >= 0.6 is 0 Å². The summed E-state index contributed by atoms with van der Waals surface area (Å²) in [5.41, 5.74) is 7.40. The molecule has 248 valence electrons. The third-order valence-corrected chi connectivity index (χ3v) is 9.82. The molecule has 10 heteroatoms. The normalized spacial score (nSPS) is 20.8. The van der Waals surface area contributed by atoms with Gasteiger partial charge in [0.1, 0.15) is 5.82 Å². The zero-order valence-corrected chi connectivity index (χ0v) is 28.3. The van der Waals surface area contributed by atoms with Gasteiger partial charge in [-0.3, -0.25) is 14.2 Å². The number of fused-ring (bicyclic) bond motifs is 1. The van der Waals surface area contributed by atoms with Gasteiger partial charge in [0.05, 0.1) is 35.1 Å². The van der Waals surface area contributed by atoms with E-state index in [0.717, 1.165) is 60.1 Å². The Morgan fingerprint density at radius 1 is 1.11 bits per heavy atom. The molecule has 1 unspecified atom stereocenters. The number of rotatable bonds is 10. The van der Waals surface area contributed by atoms with Crippen LogP contribution in [0, 0.1) is 6.92 Å². The second-order valence-electron chi connectivity index (χ2n) is 14.0. The number of aryl methyl sites for hydroxylation is 2. The van der Waals surface area contributed by atoms with Crippen molar-refractivity contribution in [3.05, 3.63) is 87.1 Å². The quantitative estimate of drug-likeness (QED) is 0.230. The minimum absolute atomic E-state index is 0.0310. The molecule has 1 aliphatic carbocycles. The first kappa shape index (κ1) is 32.8. The summed E-state index contributed by atoms with van der Waals surface area (Å²) in [5, 5.41) is 19.6. The zero-order chi connectivity index (χ0) is 33.5. The van der Waals surface area contributed by atoms with E-state index in [1.54, 1.807) is 13.8 Å². The van der Waals surface area contributed by atoms with Gasteiger partial charge in [0.2, 0.25) is 11.7 Å². The van der Waals surface area contributed by atoms with E-state index in [1.807, 2.05) is 53.3 Å². The van der Waals surface area contributed by atoms with Crippen LogP contribution in [0.2, 0.25) is 0 Å². The van der Waals surface area contributed by atoms with Crippen molar-refractivity contribution in [2.24, 2.45) is 5.10 Å². The predicted octanol–water partition coefficient (Wildman–Crippen LogP) is 5.68. The molecule has 2 aromatic heterocycles. The first-order valence-corrected chi connectivity index (χ1v) is 16.8. The molecule has 1 fully saturated rings. The summed E-state index contributed by atoms with van der Waals surface area (Å²) in [6.45, 7) is 11.5. The molecule has 0 radical (unpaired) electrons. The number of nitrogens with one attached hydrogen (secondary N) is 1. The summed E-state index contributed by atoms with van der Waals surface area (Å²) in [6, 6.07) is 16.2. The number of hydrogen-bond donors (Lipinski definition) is 2. The molecular weight excluding hydrogens is 592 g/mol. The van der Waals surface area contributed by atoms with Crippen LogP contribution in [0.1, 0.15) is 107 Å². The van der Waals surface area contributed by atoms with E-state index in [0.29, 0.717) is 35.7 Å². The Kier molecular flexibility index (Phi) is 8.93. The summed E-state index contributed by atoms with van der Waals surface area (Å²) >= 11 is 0. The van der Waals surface area contributed by atoms with Crippen LogP contribution in [0.5, 0.6) is 0 Å². The van der Waals surface area contributed by atoms with Gasteiger partial charge in [0.15, 0.2) is 0 Å². The number of nitrogens with zero attached hydrogens (tertiary/aromatic N) is 5. The van der Waals surface area contributed by atoms with Crippen LogP contribution in [-0.2, 0) is 22.4 Å². The molecule has 1 aliphatic heterocycles. The number of carbonyl (C=O) groups excluding carboxylic acids is 1. The highest BCUT2D eigenvalue weighted by molar-refractivity contribution is 6.16. The molecule has 2 aliphatic rings. The molecule has 4 aromatic rings. The van der Waals surface area contributed by atoms with E-state index >= 15 is 0 Å². The van der Waals surface area contributed by atoms with Crippen molar-refractivity contribution in [1.82, 2.24) is 24.6 Å². The summed E-state index contributed by atoms with van der Waals surface area (Å²) < 4.78 is 10.2. The number of hydrogen-bond acceptors (Lipinski definition) is 7. The maximum atomic E-state index is 14.7. The van der Waals surface area contributed by atoms with E-state index < -0.39 is 5.60 Å². The summed E-state index contributed by atoms with van der Waals surface area (Å²) in [6.07, 6.45) is 4.86. The minimum Gasteiger partial charge on any atom is -0.388 e. The Morgan fingerprint density at radius 2 is 1.83 bits per heavy atom. The van der Waals surface area contributed by atoms with Crippen molar-refractivity contribution in [1.29, 1.82) is 0 Å². The Balaban J connectivity index is 1.40.